The Morgan fingerprint density at radius 3 is 1.42 bits per heavy atom. The number of carbonyl (C=O) groups is 1. The van der Waals surface area contributed by atoms with E-state index in [-0.39, 0.29) is 33.0 Å². The highest BCUT2D eigenvalue weighted by molar-refractivity contribution is 5.66. The van der Waals surface area contributed by atoms with Crippen molar-refractivity contribution in [2.75, 3.05) is 6.61 Å². The van der Waals surface area contributed by atoms with Gasteiger partial charge < -0.3 is 48.1 Å². The standard InChI is InChI=1S/C42H48O11/c1-28-36(46-23-30-15-7-3-8-16-30)39(49-26-33-21-13-6-14-22-33)40(52-29(2)43)42(51-28)50-27-34-37(47-24-31-17-9-4-10-18-31)35(44)38(41(45)53-34)48-25-32-19-11-5-12-20-32/h3-22,28,34-42,44-45H,23-27H2,1-2H3/t28-,34?,35?,36-,37?,38?,39?,40-,41+,42-/m0/s1. The van der Waals surface area contributed by atoms with Crippen LogP contribution in [0, 0.1) is 0 Å². The normalized spacial score (nSPS) is 28.7. The highest BCUT2D eigenvalue weighted by atomic mass is 16.7. The van der Waals surface area contributed by atoms with E-state index in [0.29, 0.717) is 0 Å². The van der Waals surface area contributed by atoms with Gasteiger partial charge in [0.05, 0.1) is 39.1 Å². The molecule has 53 heavy (non-hydrogen) atoms. The molecule has 0 aromatic heterocycles. The van der Waals surface area contributed by atoms with Gasteiger partial charge in [0.15, 0.2) is 18.7 Å². The first-order chi connectivity index (χ1) is 25.9. The number of aliphatic hydroxyl groups is 2. The number of benzene rings is 4. The summed E-state index contributed by atoms with van der Waals surface area (Å²) in [6.45, 7) is 3.76. The summed E-state index contributed by atoms with van der Waals surface area (Å²) < 4.78 is 49.7. The van der Waals surface area contributed by atoms with Crippen LogP contribution in [-0.2, 0) is 69.1 Å². The smallest absolute Gasteiger partial charge is 0.303 e. The van der Waals surface area contributed by atoms with Crippen molar-refractivity contribution in [3.63, 3.8) is 0 Å². The monoisotopic (exact) mass is 728 g/mol. The molecule has 11 heteroatoms. The SMILES string of the molecule is CC(=O)O[C@H]1C(OCc2ccccc2)[C@@H](OCc2ccccc2)[C@H](C)O[C@@H]1OCC1O[C@@H](O)C(OCc2ccccc2)C(O)C1OCc1ccccc1. The zero-order valence-corrected chi connectivity index (χ0v) is 29.9. The third kappa shape index (κ3) is 10.8. The Bertz CT molecular complexity index is 1650. The number of ether oxygens (including phenoxy) is 8. The molecular formula is C42H48O11. The van der Waals surface area contributed by atoms with Gasteiger partial charge in [-0.05, 0) is 29.2 Å². The molecule has 2 heterocycles. The van der Waals surface area contributed by atoms with Crippen LogP contribution in [0.5, 0.6) is 0 Å². The van der Waals surface area contributed by atoms with Crippen molar-refractivity contribution >= 4 is 5.97 Å². The third-order valence-electron chi connectivity index (χ3n) is 9.23. The van der Waals surface area contributed by atoms with Gasteiger partial charge in [-0.2, -0.15) is 0 Å². The average Bonchev–Trinajstić information content (AvgIpc) is 3.17. The summed E-state index contributed by atoms with van der Waals surface area (Å²) in [5.74, 6) is -0.556. The van der Waals surface area contributed by atoms with E-state index < -0.39 is 67.4 Å². The average molecular weight is 729 g/mol. The first kappa shape index (κ1) is 38.7. The predicted molar refractivity (Wildman–Crippen MR) is 193 cm³/mol. The quantitative estimate of drug-likeness (QED) is 0.150. The molecule has 282 valence electrons. The fourth-order valence-electron chi connectivity index (χ4n) is 6.53. The van der Waals surface area contributed by atoms with Crippen molar-refractivity contribution in [2.24, 2.45) is 0 Å². The maximum absolute atomic E-state index is 12.6. The molecule has 2 aliphatic heterocycles. The maximum Gasteiger partial charge on any atom is 0.303 e. The minimum atomic E-state index is -1.49. The Morgan fingerprint density at radius 2 is 0.962 bits per heavy atom. The topological polar surface area (TPSA) is 131 Å². The lowest BCUT2D eigenvalue weighted by molar-refractivity contribution is -0.337. The Morgan fingerprint density at radius 1 is 0.547 bits per heavy atom. The number of carbonyl (C=O) groups excluding carboxylic acids is 1. The van der Waals surface area contributed by atoms with Crippen molar-refractivity contribution in [3.05, 3.63) is 144 Å². The minimum absolute atomic E-state index is 0.144. The van der Waals surface area contributed by atoms with E-state index in [4.69, 9.17) is 37.9 Å². The van der Waals surface area contributed by atoms with Gasteiger partial charge in [-0.15, -0.1) is 0 Å². The third-order valence-corrected chi connectivity index (χ3v) is 9.23. The Kier molecular flexibility index (Phi) is 14.1. The predicted octanol–water partition coefficient (Wildman–Crippen LogP) is 5.10. The maximum atomic E-state index is 12.6. The summed E-state index contributed by atoms with van der Waals surface area (Å²) in [5, 5.41) is 22.7. The van der Waals surface area contributed by atoms with Gasteiger partial charge in [-0.1, -0.05) is 121 Å². The van der Waals surface area contributed by atoms with Crippen molar-refractivity contribution in [1.82, 2.24) is 0 Å². The van der Waals surface area contributed by atoms with Crippen LogP contribution in [0.1, 0.15) is 36.1 Å². The van der Waals surface area contributed by atoms with Gasteiger partial charge in [-0.25, -0.2) is 0 Å². The van der Waals surface area contributed by atoms with Crippen molar-refractivity contribution in [3.8, 4) is 0 Å². The number of rotatable bonds is 16. The summed E-state index contributed by atoms with van der Waals surface area (Å²) in [5.41, 5.74) is 3.64. The molecule has 6 rings (SSSR count). The highest BCUT2D eigenvalue weighted by Gasteiger charge is 2.51. The van der Waals surface area contributed by atoms with Crippen LogP contribution in [0.25, 0.3) is 0 Å². The fourth-order valence-corrected chi connectivity index (χ4v) is 6.53. The second-order valence-corrected chi connectivity index (χ2v) is 13.2. The summed E-state index contributed by atoms with van der Waals surface area (Å²) in [4.78, 5) is 12.6. The lowest BCUT2D eigenvalue weighted by Crippen LogP contribution is -2.62. The molecule has 4 aromatic rings. The minimum Gasteiger partial charge on any atom is -0.454 e. The van der Waals surface area contributed by atoms with E-state index in [1.165, 1.54) is 6.92 Å². The Balaban J connectivity index is 1.20. The van der Waals surface area contributed by atoms with Crippen LogP contribution < -0.4 is 0 Å². The van der Waals surface area contributed by atoms with Gasteiger partial charge in [0.25, 0.3) is 0 Å². The second-order valence-electron chi connectivity index (χ2n) is 13.2. The van der Waals surface area contributed by atoms with Gasteiger partial charge >= 0.3 is 5.97 Å². The number of hydrogen-bond donors (Lipinski definition) is 2. The number of esters is 1. The van der Waals surface area contributed by atoms with Crippen molar-refractivity contribution in [2.45, 2.75) is 102 Å². The molecule has 2 N–H and O–H groups in total. The lowest BCUT2D eigenvalue weighted by atomic mass is 9.97. The summed E-state index contributed by atoms with van der Waals surface area (Å²) in [6, 6.07) is 38.3. The van der Waals surface area contributed by atoms with E-state index in [2.05, 4.69) is 0 Å². The van der Waals surface area contributed by atoms with Crippen LogP contribution >= 0.6 is 0 Å². The number of aliphatic hydroxyl groups excluding tert-OH is 2. The highest BCUT2D eigenvalue weighted by Crippen LogP contribution is 2.32. The van der Waals surface area contributed by atoms with Crippen molar-refractivity contribution in [1.29, 1.82) is 0 Å². The van der Waals surface area contributed by atoms with E-state index in [0.717, 1.165) is 22.3 Å². The molecule has 0 amide bonds. The lowest BCUT2D eigenvalue weighted by Gasteiger charge is -2.46. The Labute approximate surface area is 310 Å². The molecule has 0 saturated carbocycles. The fraction of sp³-hybridized carbons (Fsp3) is 0.405. The first-order valence-corrected chi connectivity index (χ1v) is 17.9. The molecular weight excluding hydrogens is 680 g/mol. The largest absolute Gasteiger partial charge is 0.454 e. The molecule has 2 fully saturated rings. The van der Waals surface area contributed by atoms with Crippen LogP contribution in [0.3, 0.4) is 0 Å². The van der Waals surface area contributed by atoms with Gasteiger partial charge in [-0.3, -0.25) is 4.79 Å². The molecule has 11 nitrogen and oxygen atoms in total. The van der Waals surface area contributed by atoms with E-state index in [1.807, 2.05) is 128 Å². The van der Waals surface area contributed by atoms with Gasteiger partial charge in [0, 0.05) is 6.92 Å². The molecule has 2 aliphatic rings. The van der Waals surface area contributed by atoms with Crippen LogP contribution in [0.2, 0.25) is 0 Å². The molecule has 10 atom stereocenters. The molecule has 0 radical (unpaired) electrons. The zero-order chi connectivity index (χ0) is 37.0. The number of hydrogen-bond acceptors (Lipinski definition) is 11. The molecule has 2 saturated heterocycles. The molecule has 0 spiro atoms. The van der Waals surface area contributed by atoms with E-state index in [9.17, 15) is 15.0 Å². The van der Waals surface area contributed by atoms with Crippen molar-refractivity contribution < 1.29 is 52.9 Å². The summed E-state index contributed by atoms with van der Waals surface area (Å²) >= 11 is 0. The zero-order valence-electron chi connectivity index (χ0n) is 29.9. The van der Waals surface area contributed by atoms with Gasteiger partial charge in [0.1, 0.15) is 36.6 Å². The molecule has 0 aliphatic carbocycles. The molecule has 0 bridgehead atoms. The van der Waals surface area contributed by atoms with Crippen LogP contribution in [0.4, 0.5) is 0 Å². The second kappa shape index (κ2) is 19.4. The van der Waals surface area contributed by atoms with Crippen LogP contribution in [0.15, 0.2) is 121 Å². The van der Waals surface area contributed by atoms with E-state index in [1.54, 1.807) is 0 Å². The van der Waals surface area contributed by atoms with Gasteiger partial charge in [0.2, 0.25) is 0 Å². The van der Waals surface area contributed by atoms with Crippen LogP contribution in [-0.4, -0.2) is 84.2 Å². The molecule has 5 unspecified atom stereocenters. The molecule has 4 aromatic carbocycles. The summed E-state index contributed by atoms with van der Waals surface area (Å²) in [6.07, 6.45) is -9.97. The first-order valence-electron chi connectivity index (χ1n) is 17.9. The van der Waals surface area contributed by atoms with E-state index >= 15 is 0 Å². The summed E-state index contributed by atoms with van der Waals surface area (Å²) in [7, 11) is 0. The Hall–Kier alpha value is -4.01.